The Morgan fingerprint density at radius 2 is 2.10 bits per heavy atom. The molecular formula is C17H25BrN2O. The SMILES string of the molecule is CNC(=O)C(CC(C)C)NC1CC(c2cccc(Br)c2)C1. The zero-order valence-electron chi connectivity index (χ0n) is 13.0. The van der Waals surface area contributed by atoms with Crippen molar-refractivity contribution in [3.05, 3.63) is 34.3 Å². The average molecular weight is 353 g/mol. The Morgan fingerprint density at radius 3 is 2.67 bits per heavy atom. The van der Waals surface area contributed by atoms with Crippen LogP contribution in [0.3, 0.4) is 0 Å². The van der Waals surface area contributed by atoms with Crippen LogP contribution in [-0.4, -0.2) is 25.0 Å². The van der Waals surface area contributed by atoms with E-state index < -0.39 is 0 Å². The lowest BCUT2D eigenvalue weighted by Gasteiger charge is -2.38. The maximum Gasteiger partial charge on any atom is 0.236 e. The smallest absolute Gasteiger partial charge is 0.236 e. The van der Waals surface area contributed by atoms with Crippen molar-refractivity contribution < 1.29 is 4.79 Å². The standard InChI is InChI=1S/C17H25BrN2O/c1-11(2)7-16(17(21)19-3)20-15-9-13(10-15)12-5-4-6-14(18)8-12/h4-6,8,11,13,15-16,20H,7,9-10H2,1-3H3,(H,19,21). The molecule has 1 aromatic carbocycles. The molecule has 0 saturated heterocycles. The van der Waals surface area contributed by atoms with Crippen LogP contribution in [0, 0.1) is 5.92 Å². The Labute approximate surface area is 136 Å². The maximum atomic E-state index is 11.9. The first-order chi connectivity index (χ1) is 9.99. The molecule has 116 valence electrons. The van der Waals surface area contributed by atoms with Gasteiger partial charge in [-0.25, -0.2) is 0 Å². The van der Waals surface area contributed by atoms with Crippen LogP contribution in [-0.2, 0) is 4.79 Å². The summed E-state index contributed by atoms with van der Waals surface area (Å²) in [6.45, 7) is 4.31. The predicted molar refractivity (Wildman–Crippen MR) is 90.4 cm³/mol. The number of hydrogen-bond acceptors (Lipinski definition) is 2. The van der Waals surface area contributed by atoms with E-state index in [-0.39, 0.29) is 11.9 Å². The first-order valence-electron chi connectivity index (χ1n) is 7.72. The summed E-state index contributed by atoms with van der Waals surface area (Å²) < 4.78 is 1.14. The predicted octanol–water partition coefficient (Wildman–Crippen LogP) is 3.45. The Balaban J connectivity index is 1.87. The van der Waals surface area contributed by atoms with Crippen molar-refractivity contribution >= 4 is 21.8 Å². The maximum absolute atomic E-state index is 11.9. The van der Waals surface area contributed by atoms with E-state index in [4.69, 9.17) is 0 Å². The van der Waals surface area contributed by atoms with Crippen molar-refractivity contribution in [1.82, 2.24) is 10.6 Å². The van der Waals surface area contributed by atoms with Crippen LogP contribution >= 0.6 is 15.9 Å². The lowest BCUT2D eigenvalue weighted by Crippen LogP contribution is -2.51. The van der Waals surface area contributed by atoms with E-state index in [2.05, 4.69) is 64.7 Å². The van der Waals surface area contributed by atoms with Crippen molar-refractivity contribution in [2.45, 2.75) is 51.1 Å². The van der Waals surface area contributed by atoms with Gasteiger partial charge in [0.2, 0.25) is 5.91 Å². The molecule has 1 atom stereocenters. The van der Waals surface area contributed by atoms with Crippen molar-refractivity contribution in [3.63, 3.8) is 0 Å². The number of carbonyl (C=O) groups is 1. The zero-order chi connectivity index (χ0) is 15.4. The Bertz CT molecular complexity index is 483. The highest BCUT2D eigenvalue weighted by atomic mass is 79.9. The molecule has 2 rings (SSSR count). The molecule has 1 aliphatic carbocycles. The highest BCUT2D eigenvalue weighted by Gasteiger charge is 2.33. The van der Waals surface area contributed by atoms with E-state index >= 15 is 0 Å². The van der Waals surface area contributed by atoms with Gasteiger partial charge in [-0.15, -0.1) is 0 Å². The molecule has 0 spiro atoms. The summed E-state index contributed by atoms with van der Waals surface area (Å²) in [7, 11) is 1.71. The van der Waals surface area contributed by atoms with Crippen LogP contribution in [0.1, 0.15) is 44.6 Å². The number of hydrogen-bond donors (Lipinski definition) is 2. The average Bonchev–Trinajstić information content (AvgIpc) is 2.39. The van der Waals surface area contributed by atoms with Crippen LogP contribution in [0.5, 0.6) is 0 Å². The van der Waals surface area contributed by atoms with E-state index in [1.54, 1.807) is 7.05 Å². The van der Waals surface area contributed by atoms with Crippen LogP contribution in [0.25, 0.3) is 0 Å². The van der Waals surface area contributed by atoms with Gasteiger partial charge in [-0.05, 0) is 48.8 Å². The highest BCUT2D eigenvalue weighted by Crippen LogP contribution is 2.38. The van der Waals surface area contributed by atoms with Gasteiger partial charge >= 0.3 is 0 Å². The van der Waals surface area contributed by atoms with Gasteiger partial charge in [-0.3, -0.25) is 4.79 Å². The van der Waals surface area contributed by atoms with E-state index in [1.165, 1.54) is 5.56 Å². The van der Waals surface area contributed by atoms with Crippen molar-refractivity contribution in [3.8, 4) is 0 Å². The summed E-state index contributed by atoms with van der Waals surface area (Å²) in [6, 6.07) is 8.92. The van der Waals surface area contributed by atoms with Crippen LogP contribution < -0.4 is 10.6 Å². The number of benzene rings is 1. The van der Waals surface area contributed by atoms with Crippen LogP contribution in [0.15, 0.2) is 28.7 Å². The summed E-state index contributed by atoms with van der Waals surface area (Å²) >= 11 is 3.53. The van der Waals surface area contributed by atoms with Gasteiger partial charge in [-0.1, -0.05) is 41.9 Å². The van der Waals surface area contributed by atoms with Crippen LogP contribution in [0.2, 0.25) is 0 Å². The second-order valence-electron chi connectivity index (χ2n) is 6.38. The fourth-order valence-corrected chi connectivity index (χ4v) is 3.38. The number of amides is 1. The minimum atomic E-state index is -0.0662. The lowest BCUT2D eigenvalue weighted by molar-refractivity contribution is -0.123. The Kier molecular flexibility index (Phi) is 5.82. The highest BCUT2D eigenvalue weighted by molar-refractivity contribution is 9.10. The summed E-state index contributed by atoms with van der Waals surface area (Å²) in [5.41, 5.74) is 1.39. The molecule has 1 fully saturated rings. The van der Waals surface area contributed by atoms with Gasteiger partial charge in [0.25, 0.3) is 0 Å². The first kappa shape index (κ1) is 16.5. The summed E-state index contributed by atoms with van der Waals surface area (Å²) in [5, 5.41) is 6.29. The molecule has 4 heteroatoms. The molecule has 0 radical (unpaired) electrons. The van der Waals surface area contributed by atoms with Crippen LogP contribution in [0.4, 0.5) is 0 Å². The summed E-state index contributed by atoms with van der Waals surface area (Å²) in [6.07, 6.45) is 3.11. The molecule has 1 aliphatic rings. The van der Waals surface area contributed by atoms with Crippen molar-refractivity contribution in [2.75, 3.05) is 7.05 Å². The molecular weight excluding hydrogens is 328 g/mol. The zero-order valence-corrected chi connectivity index (χ0v) is 14.6. The normalized spacial score (nSPS) is 22.7. The molecule has 0 heterocycles. The largest absolute Gasteiger partial charge is 0.358 e. The molecule has 0 aromatic heterocycles. The fourth-order valence-electron chi connectivity index (χ4n) is 2.97. The van der Waals surface area contributed by atoms with Gasteiger partial charge in [0.1, 0.15) is 0 Å². The number of carbonyl (C=O) groups excluding carboxylic acids is 1. The van der Waals surface area contributed by atoms with E-state index in [0.29, 0.717) is 17.9 Å². The fraction of sp³-hybridized carbons (Fsp3) is 0.588. The van der Waals surface area contributed by atoms with Gasteiger partial charge in [0.05, 0.1) is 6.04 Å². The van der Waals surface area contributed by atoms with E-state index in [1.807, 2.05) is 0 Å². The van der Waals surface area contributed by atoms with Gasteiger partial charge < -0.3 is 10.6 Å². The number of halogens is 1. The minimum absolute atomic E-state index is 0.0662. The van der Waals surface area contributed by atoms with Crippen molar-refractivity contribution in [1.29, 1.82) is 0 Å². The third kappa shape index (κ3) is 4.55. The lowest BCUT2D eigenvalue weighted by atomic mass is 9.75. The van der Waals surface area contributed by atoms with Gasteiger partial charge in [-0.2, -0.15) is 0 Å². The number of likely N-dealkylation sites (N-methyl/N-ethyl adjacent to an activating group) is 1. The third-order valence-electron chi connectivity index (χ3n) is 4.17. The van der Waals surface area contributed by atoms with E-state index in [9.17, 15) is 4.79 Å². The molecule has 0 aliphatic heterocycles. The molecule has 1 saturated carbocycles. The molecule has 3 nitrogen and oxygen atoms in total. The molecule has 1 unspecified atom stereocenters. The second-order valence-corrected chi connectivity index (χ2v) is 7.30. The summed E-state index contributed by atoms with van der Waals surface area (Å²) in [5.74, 6) is 1.24. The minimum Gasteiger partial charge on any atom is -0.358 e. The number of nitrogens with one attached hydrogen (secondary N) is 2. The Morgan fingerprint density at radius 1 is 1.38 bits per heavy atom. The molecule has 0 bridgehead atoms. The van der Waals surface area contributed by atoms with Gasteiger partial charge in [0, 0.05) is 17.6 Å². The van der Waals surface area contributed by atoms with Gasteiger partial charge in [0.15, 0.2) is 0 Å². The van der Waals surface area contributed by atoms with E-state index in [0.717, 1.165) is 23.7 Å². The first-order valence-corrected chi connectivity index (χ1v) is 8.52. The molecule has 2 N–H and O–H groups in total. The molecule has 1 amide bonds. The van der Waals surface area contributed by atoms with Crippen molar-refractivity contribution in [2.24, 2.45) is 5.92 Å². The molecule has 1 aromatic rings. The quantitative estimate of drug-likeness (QED) is 0.823. The summed E-state index contributed by atoms with van der Waals surface area (Å²) in [4.78, 5) is 11.9. The topological polar surface area (TPSA) is 41.1 Å². The monoisotopic (exact) mass is 352 g/mol. The Hall–Kier alpha value is -0.870. The number of rotatable bonds is 6. The molecule has 21 heavy (non-hydrogen) atoms. The second kappa shape index (κ2) is 7.41. The third-order valence-corrected chi connectivity index (χ3v) is 4.66.